The molecule has 0 aliphatic carbocycles. The van der Waals surface area contributed by atoms with Gasteiger partial charge in [-0.1, -0.05) is 6.07 Å². The molecule has 0 bridgehead atoms. The van der Waals surface area contributed by atoms with Gasteiger partial charge in [0.2, 0.25) is 0 Å². The molecule has 3 nitrogen and oxygen atoms in total. The van der Waals surface area contributed by atoms with Crippen LogP contribution in [-0.4, -0.2) is 38.5 Å². The molecule has 0 aromatic carbocycles. The molecule has 1 fully saturated rings. The molecule has 1 aliphatic heterocycles. The molecule has 102 valence electrons. The van der Waals surface area contributed by atoms with Gasteiger partial charge >= 0.3 is 0 Å². The summed E-state index contributed by atoms with van der Waals surface area (Å²) < 4.78 is 11.6. The van der Waals surface area contributed by atoms with E-state index in [2.05, 4.69) is 29.8 Å². The molecule has 0 radical (unpaired) electrons. The number of nitrogens with one attached hydrogen (secondary N) is 1. The van der Waals surface area contributed by atoms with Crippen LogP contribution in [0.5, 0.6) is 0 Å². The van der Waals surface area contributed by atoms with E-state index in [9.17, 15) is 0 Å². The Labute approximate surface area is 113 Å². The third-order valence-corrected chi connectivity index (χ3v) is 4.64. The predicted molar refractivity (Wildman–Crippen MR) is 75.3 cm³/mol. The highest BCUT2D eigenvalue weighted by Gasteiger charge is 2.40. The van der Waals surface area contributed by atoms with E-state index in [1.807, 2.05) is 18.4 Å². The van der Waals surface area contributed by atoms with Gasteiger partial charge in [-0.15, -0.1) is 11.3 Å². The molecule has 1 N–H and O–H groups in total. The van der Waals surface area contributed by atoms with E-state index in [0.717, 1.165) is 39.1 Å². The maximum Gasteiger partial charge on any atom is 0.0881 e. The van der Waals surface area contributed by atoms with E-state index in [1.165, 1.54) is 4.88 Å². The van der Waals surface area contributed by atoms with Crippen LogP contribution in [0.4, 0.5) is 0 Å². The molecule has 0 spiro atoms. The maximum atomic E-state index is 6.13. The van der Waals surface area contributed by atoms with Crippen molar-refractivity contribution in [2.45, 2.75) is 37.8 Å². The van der Waals surface area contributed by atoms with Gasteiger partial charge in [0.1, 0.15) is 0 Å². The first-order valence-electron chi connectivity index (χ1n) is 6.72. The summed E-state index contributed by atoms with van der Waals surface area (Å²) >= 11 is 1.82. The van der Waals surface area contributed by atoms with Crippen molar-refractivity contribution >= 4 is 11.3 Å². The first kappa shape index (κ1) is 14.0. The summed E-state index contributed by atoms with van der Waals surface area (Å²) in [5.41, 5.74) is -0.0637. The van der Waals surface area contributed by atoms with Crippen LogP contribution in [0, 0.1) is 0 Å². The first-order valence-corrected chi connectivity index (χ1v) is 7.60. The minimum absolute atomic E-state index is 0.0637. The van der Waals surface area contributed by atoms with Crippen LogP contribution in [0.3, 0.4) is 0 Å². The zero-order valence-corrected chi connectivity index (χ0v) is 12.1. The number of ether oxygens (including phenoxy) is 2. The fourth-order valence-electron chi connectivity index (χ4n) is 2.78. The Morgan fingerprint density at radius 2 is 2.28 bits per heavy atom. The van der Waals surface area contributed by atoms with E-state index >= 15 is 0 Å². The summed E-state index contributed by atoms with van der Waals surface area (Å²) in [5.74, 6) is 0. The van der Waals surface area contributed by atoms with Gasteiger partial charge < -0.3 is 14.8 Å². The molecule has 0 saturated carbocycles. The van der Waals surface area contributed by atoms with Gasteiger partial charge in [0.15, 0.2) is 0 Å². The zero-order chi connectivity index (χ0) is 12.8. The lowest BCUT2D eigenvalue weighted by Crippen LogP contribution is -2.55. The molecular formula is C14H23NO2S. The summed E-state index contributed by atoms with van der Waals surface area (Å²) in [7, 11) is 2.04. The lowest BCUT2D eigenvalue weighted by molar-refractivity contribution is -0.125. The van der Waals surface area contributed by atoms with Gasteiger partial charge in [-0.3, -0.25) is 0 Å². The molecule has 0 amide bonds. The normalized spacial score (nSPS) is 20.8. The third kappa shape index (κ3) is 3.12. The second-order valence-corrected chi connectivity index (χ2v) is 5.77. The van der Waals surface area contributed by atoms with Crippen molar-refractivity contribution in [2.75, 3.05) is 26.9 Å². The van der Waals surface area contributed by atoms with Crippen LogP contribution in [0.2, 0.25) is 0 Å². The number of rotatable bonds is 6. The fourth-order valence-corrected chi connectivity index (χ4v) is 3.53. The van der Waals surface area contributed by atoms with Gasteiger partial charge in [-0.05, 0) is 31.8 Å². The van der Waals surface area contributed by atoms with Crippen molar-refractivity contribution in [1.29, 1.82) is 0 Å². The minimum Gasteiger partial charge on any atom is -0.381 e. The van der Waals surface area contributed by atoms with E-state index in [-0.39, 0.29) is 5.60 Å². The van der Waals surface area contributed by atoms with Crippen LogP contribution in [0.1, 0.15) is 24.6 Å². The lowest BCUT2D eigenvalue weighted by Gasteiger charge is -2.43. The Morgan fingerprint density at radius 1 is 1.50 bits per heavy atom. The number of thiophene rings is 1. The zero-order valence-electron chi connectivity index (χ0n) is 11.3. The number of likely N-dealkylation sites (N-methyl/N-ethyl adjacent to an activating group) is 1. The van der Waals surface area contributed by atoms with Crippen molar-refractivity contribution in [3.63, 3.8) is 0 Å². The van der Waals surface area contributed by atoms with Crippen LogP contribution >= 0.6 is 11.3 Å². The molecule has 2 heterocycles. The lowest BCUT2D eigenvalue weighted by atomic mass is 9.84. The Morgan fingerprint density at radius 3 is 2.83 bits per heavy atom. The van der Waals surface area contributed by atoms with Gasteiger partial charge in [0.25, 0.3) is 0 Å². The van der Waals surface area contributed by atoms with Gasteiger partial charge in [0.05, 0.1) is 5.60 Å². The van der Waals surface area contributed by atoms with Crippen molar-refractivity contribution in [3.8, 4) is 0 Å². The highest BCUT2D eigenvalue weighted by atomic mass is 32.1. The van der Waals surface area contributed by atoms with Gasteiger partial charge in [-0.25, -0.2) is 0 Å². The largest absolute Gasteiger partial charge is 0.381 e. The molecule has 1 atom stereocenters. The summed E-state index contributed by atoms with van der Waals surface area (Å²) in [6.07, 6.45) is 3.00. The summed E-state index contributed by atoms with van der Waals surface area (Å²) in [6.45, 7) is 4.46. The second-order valence-electron chi connectivity index (χ2n) is 4.73. The van der Waals surface area contributed by atoms with Crippen molar-refractivity contribution in [1.82, 2.24) is 5.32 Å². The Bertz CT molecular complexity index is 328. The average molecular weight is 269 g/mol. The SMILES string of the molecule is CCOC1(C(Cc2cccs2)NC)CCOCC1. The maximum absolute atomic E-state index is 6.13. The molecule has 1 aromatic rings. The molecular weight excluding hydrogens is 246 g/mol. The molecule has 18 heavy (non-hydrogen) atoms. The fraction of sp³-hybridized carbons (Fsp3) is 0.714. The summed E-state index contributed by atoms with van der Waals surface area (Å²) in [6, 6.07) is 4.68. The summed E-state index contributed by atoms with van der Waals surface area (Å²) in [5, 5.41) is 5.60. The number of hydrogen-bond acceptors (Lipinski definition) is 4. The van der Waals surface area contributed by atoms with Gasteiger partial charge in [0, 0.05) is 43.6 Å². The topological polar surface area (TPSA) is 30.5 Å². The quantitative estimate of drug-likeness (QED) is 0.860. The Balaban J connectivity index is 2.10. The van der Waals surface area contributed by atoms with E-state index in [4.69, 9.17) is 9.47 Å². The average Bonchev–Trinajstić information content (AvgIpc) is 2.90. The molecule has 2 rings (SSSR count). The minimum atomic E-state index is -0.0637. The Kier molecular flexibility index (Phi) is 5.18. The standard InChI is InChI=1S/C14H23NO2S/c1-3-17-14(6-8-16-9-7-14)13(15-2)11-12-5-4-10-18-12/h4-5,10,13,15H,3,6-9,11H2,1-2H3. The van der Waals surface area contributed by atoms with Crippen molar-refractivity contribution in [3.05, 3.63) is 22.4 Å². The van der Waals surface area contributed by atoms with Crippen molar-refractivity contribution < 1.29 is 9.47 Å². The monoisotopic (exact) mass is 269 g/mol. The summed E-state index contributed by atoms with van der Waals surface area (Å²) in [4.78, 5) is 1.42. The van der Waals surface area contributed by atoms with Gasteiger partial charge in [-0.2, -0.15) is 0 Å². The van der Waals surface area contributed by atoms with Crippen molar-refractivity contribution in [2.24, 2.45) is 0 Å². The van der Waals surface area contributed by atoms with E-state index in [1.54, 1.807) is 0 Å². The second kappa shape index (κ2) is 6.66. The highest BCUT2D eigenvalue weighted by molar-refractivity contribution is 7.09. The molecule has 1 aliphatic rings. The molecule has 1 unspecified atom stereocenters. The Hall–Kier alpha value is -0.420. The number of hydrogen-bond donors (Lipinski definition) is 1. The highest BCUT2D eigenvalue weighted by Crippen LogP contribution is 2.31. The molecule has 1 aromatic heterocycles. The van der Waals surface area contributed by atoms with Crippen LogP contribution < -0.4 is 5.32 Å². The van der Waals surface area contributed by atoms with Crippen LogP contribution in [-0.2, 0) is 15.9 Å². The molecule has 1 saturated heterocycles. The first-order chi connectivity index (χ1) is 8.80. The van der Waals surface area contributed by atoms with Crippen LogP contribution in [0.15, 0.2) is 17.5 Å². The smallest absolute Gasteiger partial charge is 0.0881 e. The van der Waals surface area contributed by atoms with E-state index in [0.29, 0.717) is 6.04 Å². The predicted octanol–water partition coefficient (Wildman–Crippen LogP) is 2.46. The van der Waals surface area contributed by atoms with Crippen LogP contribution in [0.25, 0.3) is 0 Å². The third-order valence-electron chi connectivity index (χ3n) is 3.74. The van der Waals surface area contributed by atoms with E-state index < -0.39 is 0 Å². The molecule has 4 heteroatoms.